The number of piperidine rings is 1. The summed E-state index contributed by atoms with van der Waals surface area (Å²) in [7, 11) is 4.28. The Morgan fingerprint density at radius 1 is 1.10 bits per heavy atom. The second kappa shape index (κ2) is 8.86. The Balaban J connectivity index is 1.46. The molecule has 6 heteroatoms. The molecule has 0 unspecified atom stereocenters. The van der Waals surface area contributed by atoms with Gasteiger partial charge >= 0.3 is 5.97 Å². The van der Waals surface area contributed by atoms with Crippen LogP contribution in [-0.2, 0) is 18.4 Å². The Kier molecular flexibility index (Phi) is 6.23. The molecule has 1 aromatic heterocycles. The van der Waals surface area contributed by atoms with Crippen molar-refractivity contribution in [3.05, 3.63) is 36.0 Å². The lowest BCUT2D eigenvalue weighted by Crippen LogP contribution is -2.56. The van der Waals surface area contributed by atoms with Gasteiger partial charge in [-0.2, -0.15) is 0 Å². The highest BCUT2D eigenvalue weighted by Gasteiger charge is 2.34. The summed E-state index contributed by atoms with van der Waals surface area (Å²) in [5.41, 5.74) is 2.65. The second-order valence-electron chi connectivity index (χ2n) is 8.90. The second-order valence-corrected chi connectivity index (χ2v) is 8.90. The lowest BCUT2D eigenvalue weighted by Gasteiger charge is -2.46. The van der Waals surface area contributed by atoms with E-state index >= 15 is 0 Å². The van der Waals surface area contributed by atoms with Crippen LogP contribution in [0.1, 0.15) is 24.8 Å². The summed E-state index contributed by atoms with van der Waals surface area (Å²) in [6, 6.07) is 9.29. The number of hydrogen-bond acceptors (Lipinski definition) is 4. The van der Waals surface area contributed by atoms with E-state index in [1.165, 1.54) is 16.5 Å². The molecule has 0 radical (unpaired) electrons. The van der Waals surface area contributed by atoms with Crippen LogP contribution in [0, 0.1) is 5.92 Å². The van der Waals surface area contributed by atoms with Gasteiger partial charge in [0.2, 0.25) is 0 Å². The van der Waals surface area contributed by atoms with Crippen LogP contribution in [0.5, 0.6) is 0 Å². The molecule has 2 saturated heterocycles. The number of benzene rings is 1. The SMILES string of the molecule is CN1CCN([C@@H]2CCN(Cc3cccc4c3ccn4C)C[C@@H]2CCC(=O)O)CC1. The van der Waals surface area contributed by atoms with Crippen molar-refractivity contribution in [3.8, 4) is 0 Å². The highest BCUT2D eigenvalue weighted by molar-refractivity contribution is 5.83. The minimum Gasteiger partial charge on any atom is -0.481 e. The minimum absolute atomic E-state index is 0.275. The first kappa shape index (κ1) is 20.4. The molecule has 1 N–H and O–H groups in total. The highest BCUT2D eigenvalue weighted by atomic mass is 16.4. The molecule has 0 aliphatic carbocycles. The Labute approximate surface area is 173 Å². The van der Waals surface area contributed by atoms with E-state index in [1.54, 1.807) is 0 Å². The molecule has 158 valence electrons. The first-order valence-electron chi connectivity index (χ1n) is 10.9. The van der Waals surface area contributed by atoms with Crippen LogP contribution in [0.25, 0.3) is 10.9 Å². The number of piperazine rings is 1. The molecule has 0 spiro atoms. The predicted molar refractivity (Wildman–Crippen MR) is 116 cm³/mol. The van der Waals surface area contributed by atoms with Crippen molar-refractivity contribution in [1.29, 1.82) is 0 Å². The Morgan fingerprint density at radius 3 is 2.66 bits per heavy atom. The summed E-state index contributed by atoms with van der Waals surface area (Å²) in [4.78, 5) is 18.8. The van der Waals surface area contributed by atoms with Gasteiger partial charge in [-0.15, -0.1) is 0 Å². The van der Waals surface area contributed by atoms with E-state index in [4.69, 9.17) is 0 Å². The van der Waals surface area contributed by atoms with Crippen molar-refractivity contribution in [2.45, 2.75) is 31.8 Å². The van der Waals surface area contributed by atoms with Gasteiger partial charge in [0.15, 0.2) is 0 Å². The number of carboxylic acid groups (broad SMARTS) is 1. The maximum Gasteiger partial charge on any atom is 0.303 e. The van der Waals surface area contributed by atoms with Gasteiger partial charge in [-0.3, -0.25) is 14.6 Å². The van der Waals surface area contributed by atoms with Gasteiger partial charge in [0.1, 0.15) is 0 Å². The fraction of sp³-hybridized carbons (Fsp3) is 0.609. The normalized spacial score (nSPS) is 24.9. The van der Waals surface area contributed by atoms with Gasteiger partial charge in [-0.25, -0.2) is 0 Å². The molecule has 2 fully saturated rings. The molecule has 29 heavy (non-hydrogen) atoms. The van der Waals surface area contributed by atoms with E-state index < -0.39 is 5.97 Å². The number of aliphatic carboxylic acids is 1. The third kappa shape index (κ3) is 4.65. The molecule has 0 bridgehead atoms. The van der Waals surface area contributed by atoms with E-state index in [2.05, 4.69) is 63.8 Å². The van der Waals surface area contributed by atoms with Crippen LogP contribution in [-0.4, -0.2) is 82.7 Å². The molecular formula is C23H34N4O2. The summed E-state index contributed by atoms with van der Waals surface area (Å²) in [5.74, 6) is -0.244. The number of aromatic nitrogens is 1. The minimum atomic E-state index is -0.673. The summed E-state index contributed by atoms with van der Waals surface area (Å²) >= 11 is 0. The lowest BCUT2D eigenvalue weighted by atomic mass is 9.86. The number of rotatable bonds is 6. The number of fused-ring (bicyclic) bond motifs is 1. The van der Waals surface area contributed by atoms with Crippen LogP contribution in [0.15, 0.2) is 30.5 Å². The van der Waals surface area contributed by atoms with Gasteiger partial charge < -0.3 is 14.6 Å². The number of likely N-dealkylation sites (N-methyl/N-ethyl adjacent to an activating group) is 1. The fourth-order valence-electron chi connectivity index (χ4n) is 5.21. The average Bonchev–Trinajstić information content (AvgIpc) is 3.09. The maximum atomic E-state index is 11.3. The van der Waals surface area contributed by atoms with Crippen molar-refractivity contribution in [2.75, 3.05) is 46.3 Å². The first-order chi connectivity index (χ1) is 14.0. The zero-order valence-corrected chi connectivity index (χ0v) is 17.8. The van der Waals surface area contributed by atoms with Crippen molar-refractivity contribution < 1.29 is 9.90 Å². The first-order valence-corrected chi connectivity index (χ1v) is 10.9. The van der Waals surface area contributed by atoms with Gasteiger partial charge in [-0.1, -0.05) is 12.1 Å². The average molecular weight is 399 g/mol. The fourth-order valence-corrected chi connectivity index (χ4v) is 5.21. The van der Waals surface area contributed by atoms with Crippen LogP contribution in [0.3, 0.4) is 0 Å². The molecule has 0 amide bonds. The number of nitrogens with zero attached hydrogens (tertiary/aromatic N) is 4. The van der Waals surface area contributed by atoms with Crippen molar-refractivity contribution >= 4 is 16.9 Å². The Hall–Kier alpha value is -1.89. The summed E-state index contributed by atoms with van der Waals surface area (Å²) in [6.07, 6.45) is 4.32. The van der Waals surface area contributed by atoms with Crippen LogP contribution >= 0.6 is 0 Å². The summed E-state index contributed by atoms with van der Waals surface area (Å²) in [5, 5.41) is 10.6. The summed E-state index contributed by atoms with van der Waals surface area (Å²) in [6.45, 7) is 7.46. The monoisotopic (exact) mass is 398 g/mol. The topological polar surface area (TPSA) is 52.0 Å². The van der Waals surface area contributed by atoms with E-state index in [1.807, 2.05) is 0 Å². The Bertz CT molecular complexity index is 841. The van der Waals surface area contributed by atoms with Gasteiger partial charge in [0, 0.05) is 75.9 Å². The molecule has 2 aliphatic rings. The standard InChI is InChI=1S/C23H34N4O2/c1-24-12-14-27(15-13-24)21-9-11-26(17-19(21)6-7-23(28)29)16-18-4-3-5-22-20(18)8-10-25(22)2/h3-5,8,10,19,21H,6-7,9,11-17H2,1-2H3,(H,28,29)/t19-,21+/m0/s1. The zero-order chi connectivity index (χ0) is 20.4. The molecule has 6 nitrogen and oxygen atoms in total. The van der Waals surface area contributed by atoms with Gasteiger partial charge in [-0.05, 0) is 50.0 Å². The van der Waals surface area contributed by atoms with Crippen molar-refractivity contribution in [1.82, 2.24) is 19.3 Å². The largest absolute Gasteiger partial charge is 0.481 e. The van der Waals surface area contributed by atoms with Crippen LogP contribution < -0.4 is 0 Å². The maximum absolute atomic E-state index is 11.3. The van der Waals surface area contributed by atoms with E-state index in [0.717, 1.165) is 58.7 Å². The van der Waals surface area contributed by atoms with Crippen molar-refractivity contribution in [3.63, 3.8) is 0 Å². The number of carbonyl (C=O) groups is 1. The third-order valence-electron chi connectivity index (χ3n) is 6.93. The highest BCUT2D eigenvalue weighted by Crippen LogP contribution is 2.29. The molecule has 2 aliphatic heterocycles. The van der Waals surface area contributed by atoms with Crippen LogP contribution in [0.2, 0.25) is 0 Å². The smallest absolute Gasteiger partial charge is 0.303 e. The molecule has 3 heterocycles. The molecular weight excluding hydrogens is 364 g/mol. The van der Waals surface area contributed by atoms with E-state index in [9.17, 15) is 9.90 Å². The van der Waals surface area contributed by atoms with E-state index in [-0.39, 0.29) is 6.42 Å². The van der Waals surface area contributed by atoms with Gasteiger partial charge in [0.25, 0.3) is 0 Å². The Morgan fingerprint density at radius 2 is 1.90 bits per heavy atom. The third-order valence-corrected chi connectivity index (χ3v) is 6.93. The lowest BCUT2D eigenvalue weighted by molar-refractivity contribution is -0.137. The molecule has 2 atom stereocenters. The number of aryl methyl sites for hydroxylation is 1. The van der Waals surface area contributed by atoms with E-state index in [0.29, 0.717) is 12.0 Å². The molecule has 0 saturated carbocycles. The predicted octanol–water partition coefficient (Wildman–Crippen LogP) is 2.48. The zero-order valence-electron chi connectivity index (χ0n) is 17.8. The number of hydrogen-bond donors (Lipinski definition) is 1. The van der Waals surface area contributed by atoms with Crippen molar-refractivity contribution in [2.24, 2.45) is 13.0 Å². The quantitative estimate of drug-likeness (QED) is 0.810. The molecule has 4 rings (SSSR count). The van der Waals surface area contributed by atoms with Crippen LogP contribution in [0.4, 0.5) is 0 Å². The number of likely N-dealkylation sites (tertiary alicyclic amines) is 1. The number of carboxylic acids is 1. The van der Waals surface area contributed by atoms with Gasteiger partial charge in [0.05, 0.1) is 0 Å². The summed E-state index contributed by atoms with van der Waals surface area (Å²) < 4.78 is 2.17. The molecule has 2 aromatic rings. The molecule has 1 aromatic carbocycles.